The fourth-order valence-corrected chi connectivity index (χ4v) is 4.04. The second-order valence-corrected chi connectivity index (χ2v) is 7.11. The lowest BCUT2D eigenvalue weighted by atomic mass is 10.2. The first kappa shape index (κ1) is 15.1. The highest BCUT2D eigenvalue weighted by atomic mass is 79.9. The Morgan fingerprint density at radius 2 is 2.00 bits per heavy atom. The molecule has 1 aromatic rings. The summed E-state index contributed by atoms with van der Waals surface area (Å²) in [4.78, 5) is 0.283. The molecule has 6 heteroatoms. The van der Waals surface area contributed by atoms with Gasteiger partial charge in [-0.3, -0.25) is 0 Å². The molecule has 0 saturated carbocycles. The van der Waals surface area contributed by atoms with Crippen molar-refractivity contribution >= 4 is 41.9 Å². The Morgan fingerprint density at radius 1 is 1.35 bits per heavy atom. The first-order valence-corrected chi connectivity index (χ1v) is 8.70. The molecule has 0 aliphatic heterocycles. The second-order valence-electron chi connectivity index (χ2n) is 3.78. The van der Waals surface area contributed by atoms with Crippen LogP contribution in [0.15, 0.2) is 33.6 Å². The average molecular weight is 385 g/mol. The van der Waals surface area contributed by atoms with E-state index < -0.39 is 10.0 Å². The van der Waals surface area contributed by atoms with Crippen molar-refractivity contribution in [2.75, 3.05) is 5.33 Å². The quantitative estimate of drug-likeness (QED) is 0.765. The van der Waals surface area contributed by atoms with Gasteiger partial charge in [-0.25, -0.2) is 13.1 Å². The fourth-order valence-electron chi connectivity index (χ4n) is 1.43. The highest BCUT2D eigenvalue weighted by Crippen LogP contribution is 2.21. The molecule has 0 fully saturated rings. The van der Waals surface area contributed by atoms with Crippen LogP contribution in [0.5, 0.6) is 0 Å². The third kappa shape index (κ3) is 4.69. The molecule has 0 spiro atoms. The number of benzene rings is 1. The fraction of sp³-hybridized carbons (Fsp3) is 0.455. The first-order valence-electron chi connectivity index (χ1n) is 5.30. The van der Waals surface area contributed by atoms with Crippen molar-refractivity contribution in [3.8, 4) is 0 Å². The van der Waals surface area contributed by atoms with Gasteiger partial charge in [0.1, 0.15) is 0 Å². The lowest BCUT2D eigenvalue weighted by Gasteiger charge is -2.14. The maximum atomic E-state index is 12.1. The van der Waals surface area contributed by atoms with Gasteiger partial charge < -0.3 is 0 Å². The molecule has 1 rings (SSSR count). The maximum absolute atomic E-state index is 12.1. The summed E-state index contributed by atoms with van der Waals surface area (Å²) in [5.74, 6) is 0. The maximum Gasteiger partial charge on any atom is 0.241 e. The van der Waals surface area contributed by atoms with Gasteiger partial charge in [0.05, 0.1) is 4.90 Å². The zero-order valence-electron chi connectivity index (χ0n) is 9.49. The van der Waals surface area contributed by atoms with Gasteiger partial charge in [-0.15, -0.1) is 0 Å². The number of hydrogen-bond acceptors (Lipinski definition) is 2. The van der Waals surface area contributed by atoms with Crippen LogP contribution in [-0.2, 0) is 10.0 Å². The van der Waals surface area contributed by atoms with Gasteiger partial charge in [0.25, 0.3) is 0 Å². The summed E-state index contributed by atoms with van der Waals surface area (Å²) < 4.78 is 27.4. The van der Waals surface area contributed by atoms with Crippen molar-refractivity contribution in [3.63, 3.8) is 0 Å². The minimum Gasteiger partial charge on any atom is -0.208 e. The van der Waals surface area contributed by atoms with Gasteiger partial charge in [0.2, 0.25) is 10.0 Å². The lowest BCUT2D eigenvalue weighted by Crippen LogP contribution is -2.32. The Morgan fingerprint density at radius 3 is 2.59 bits per heavy atom. The van der Waals surface area contributed by atoms with Crippen molar-refractivity contribution < 1.29 is 8.42 Å². The first-order chi connectivity index (χ1) is 7.97. The summed E-state index contributed by atoms with van der Waals surface area (Å²) in [6.07, 6.45) is 1.76. The number of sulfonamides is 1. The van der Waals surface area contributed by atoms with Crippen LogP contribution in [0.2, 0.25) is 0 Å². The summed E-state index contributed by atoms with van der Waals surface area (Å²) in [6, 6.07) is 6.74. The molecule has 1 N–H and O–H groups in total. The van der Waals surface area contributed by atoms with E-state index in [9.17, 15) is 8.42 Å². The molecule has 0 aliphatic rings. The molecular weight excluding hydrogens is 370 g/mol. The number of alkyl halides is 1. The summed E-state index contributed by atoms with van der Waals surface area (Å²) in [5.41, 5.74) is 0. The van der Waals surface area contributed by atoms with E-state index in [2.05, 4.69) is 36.6 Å². The smallest absolute Gasteiger partial charge is 0.208 e. The van der Waals surface area contributed by atoms with E-state index in [0.29, 0.717) is 4.47 Å². The third-order valence-electron chi connectivity index (χ3n) is 2.25. The molecular formula is C11H15Br2NO2S. The van der Waals surface area contributed by atoms with E-state index in [4.69, 9.17) is 0 Å². The van der Waals surface area contributed by atoms with Crippen LogP contribution >= 0.6 is 31.9 Å². The van der Waals surface area contributed by atoms with E-state index in [1.807, 2.05) is 6.92 Å². The molecule has 17 heavy (non-hydrogen) atoms. The van der Waals surface area contributed by atoms with Crippen LogP contribution in [0.25, 0.3) is 0 Å². The van der Waals surface area contributed by atoms with Crippen LogP contribution in [0, 0.1) is 0 Å². The van der Waals surface area contributed by atoms with Gasteiger partial charge in [-0.1, -0.05) is 28.1 Å². The topological polar surface area (TPSA) is 46.2 Å². The highest BCUT2D eigenvalue weighted by molar-refractivity contribution is 9.10. The third-order valence-corrected chi connectivity index (χ3v) is 5.42. The molecule has 0 aromatic heterocycles. The molecule has 0 saturated heterocycles. The molecule has 0 heterocycles. The van der Waals surface area contributed by atoms with Crippen molar-refractivity contribution in [2.24, 2.45) is 0 Å². The molecule has 0 amide bonds. The van der Waals surface area contributed by atoms with E-state index in [0.717, 1.165) is 18.2 Å². The van der Waals surface area contributed by atoms with E-state index in [1.54, 1.807) is 24.3 Å². The molecule has 3 nitrogen and oxygen atoms in total. The molecule has 1 unspecified atom stereocenters. The largest absolute Gasteiger partial charge is 0.241 e. The van der Waals surface area contributed by atoms with Crippen LogP contribution in [-0.4, -0.2) is 19.8 Å². The zero-order chi connectivity index (χ0) is 12.9. The van der Waals surface area contributed by atoms with Crippen molar-refractivity contribution in [1.29, 1.82) is 0 Å². The zero-order valence-corrected chi connectivity index (χ0v) is 13.5. The Labute approximate surface area is 119 Å². The Hall–Kier alpha value is 0.0900. The Bertz CT molecular complexity index is 462. The molecule has 0 radical (unpaired) electrons. The van der Waals surface area contributed by atoms with Gasteiger partial charge in [0, 0.05) is 15.8 Å². The summed E-state index contributed by atoms with van der Waals surface area (Å²) in [5, 5.41) is 0.883. The summed E-state index contributed by atoms with van der Waals surface area (Å²) >= 11 is 6.58. The Balaban J connectivity index is 2.79. The number of rotatable bonds is 6. The summed E-state index contributed by atoms with van der Waals surface area (Å²) in [7, 11) is -3.43. The van der Waals surface area contributed by atoms with Crippen LogP contribution in [0.3, 0.4) is 0 Å². The summed E-state index contributed by atoms with van der Waals surface area (Å²) in [6.45, 7) is 1.87. The molecule has 1 aromatic carbocycles. The van der Waals surface area contributed by atoms with Crippen molar-refractivity contribution in [3.05, 3.63) is 28.7 Å². The number of hydrogen-bond donors (Lipinski definition) is 1. The molecule has 1 atom stereocenters. The standard InChI is InChI=1S/C11H15Br2NO2S/c1-9(5-4-8-12)14-17(15,16)11-7-3-2-6-10(11)13/h2-3,6-7,9,14H,4-5,8H2,1H3. The second kappa shape index (κ2) is 6.87. The normalized spacial score (nSPS) is 13.6. The van der Waals surface area contributed by atoms with E-state index in [1.165, 1.54) is 0 Å². The minimum absolute atomic E-state index is 0.0651. The van der Waals surface area contributed by atoms with E-state index in [-0.39, 0.29) is 10.9 Å². The predicted molar refractivity (Wildman–Crippen MR) is 77.0 cm³/mol. The van der Waals surface area contributed by atoms with Gasteiger partial charge in [-0.05, 0) is 47.8 Å². The van der Waals surface area contributed by atoms with Crippen molar-refractivity contribution in [1.82, 2.24) is 4.72 Å². The van der Waals surface area contributed by atoms with Gasteiger partial charge >= 0.3 is 0 Å². The SMILES string of the molecule is CC(CCCBr)NS(=O)(=O)c1ccccc1Br. The Kier molecular flexibility index (Phi) is 6.12. The highest BCUT2D eigenvalue weighted by Gasteiger charge is 2.19. The predicted octanol–water partition coefficient (Wildman–Crippen LogP) is 3.29. The van der Waals surface area contributed by atoms with Crippen LogP contribution < -0.4 is 4.72 Å². The lowest BCUT2D eigenvalue weighted by molar-refractivity contribution is 0.545. The minimum atomic E-state index is -3.43. The average Bonchev–Trinajstić information content (AvgIpc) is 2.26. The number of nitrogens with one attached hydrogen (secondary N) is 1. The van der Waals surface area contributed by atoms with Gasteiger partial charge in [0.15, 0.2) is 0 Å². The number of halogens is 2. The monoisotopic (exact) mass is 383 g/mol. The molecule has 96 valence electrons. The van der Waals surface area contributed by atoms with Crippen molar-refractivity contribution in [2.45, 2.75) is 30.7 Å². The molecule has 0 bridgehead atoms. The van der Waals surface area contributed by atoms with Crippen LogP contribution in [0.4, 0.5) is 0 Å². The van der Waals surface area contributed by atoms with E-state index >= 15 is 0 Å². The van der Waals surface area contributed by atoms with Gasteiger partial charge in [-0.2, -0.15) is 0 Å². The van der Waals surface area contributed by atoms with Crippen LogP contribution in [0.1, 0.15) is 19.8 Å². The molecule has 0 aliphatic carbocycles.